The van der Waals surface area contributed by atoms with Crippen molar-refractivity contribution in [2.24, 2.45) is 28.3 Å². The first-order chi connectivity index (χ1) is 23.4. The quantitative estimate of drug-likeness (QED) is 0.122. The number of carbonyl (C=O) groups is 2. The van der Waals surface area contributed by atoms with Crippen molar-refractivity contribution in [1.82, 2.24) is 0 Å². The first-order valence-corrected chi connectivity index (χ1v) is 19.7. The van der Waals surface area contributed by atoms with Crippen LogP contribution in [0.15, 0.2) is 39.0 Å². The van der Waals surface area contributed by atoms with E-state index in [1.807, 2.05) is 0 Å². The Labute approximate surface area is 298 Å². The topological polar surface area (TPSA) is 167 Å². The molecule has 0 radical (unpaired) electrons. The third kappa shape index (κ3) is 9.25. The van der Waals surface area contributed by atoms with Crippen LogP contribution in [0.4, 0.5) is 26.3 Å². The number of amides is 1. The van der Waals surface area contributed by atoms with E-state index in [0.717, 1.165) is 12.1 Å². The number of alkyl halides is 6. The van der Waals surface area contributed by atoms with Gasteiger partial charge in [-0.1, -0.05) is 40.5 Å². The van der Waals surface area contributed by atoms with Crippen LogP contribution in [0.5, 0.6) is 0 Å². The van der Waals surface area contributed by atoms with E-state index in [2.05, 4.69) is 4.99 Å². The van der Waals surface area contributed by atoms with Crippen LogP contribution in [0.2, 0.25) is 0 Å². The molecule has 2 aromatic rings. The van der Waals surface area contributed by atoms with Crippen LogP contribution in [0.25, 0.3) is 0 Å². The summed E-state index contributed by atoms with van der Waals surface area (Å²) in [4.78, 5) is 25.3. The molecule has 0 spiro atoms. The molecule has 0 saturated heterocycles. The Morgan fingerprint density at radius 2 is 1.10 bits per heavy atom. The van der Waals surface area contributed by atoms with Gasteiger partial charge in [-0.15, -0.1) is 0 Å². The Kier molecular flexibility index (Phi) is 13.1. The van der Waals surface area contributed by atoms with E-state index in [9.17, 15) is 52.8 Å². The molecule has 4 rings (SSSR count). The number of halogens is 7. The van der Waals surface area contributed by atoms with Crippen molar-refractivity contribution in [3.63, 3.8) is 0 Å². The largest absolute Gasteiger partial charge is 0.417 e. The molecule has 2 aliphatic rings. The molecule has 4 atom stereocenters. The van der Waals surface area contributed by atoms with Crippen LogP contribution in [0.3, 0.4) is 0 Å². The molecule has 9 nitrogen and oxygen atoms in total. The molecule has 0 bridgehead atoms. The molecule has 0 aliphatic heterocycles. The van der Waals surface area contributed by atoms with E-state index < -0.39 is 80.6 Å². The molecule has 0 aromatic heterocycles. The number of benzene rings is 2. The fraction of sp³-hybridized carbons (Fsp3) is 0.545. The summed E-state index contributed by atoms with van der Waals surface area (Å²) in [6.45, 7) is 6.68. The maximum absolute atomic E-state index is 13.6. The molecule has 4 N–H and O–H groups in total. The lowest BCUT2D eigenvalue weighted by molar-refractivity contribution is -0.140. The van der Waals surface area contributed by atoms with Gasteiger partial charge in [0.15, 0.2) is 25.6 Å². The second kappa shape index (κ2) is 15.8. The van der Waals surface area contributed by atoms with Crippen LogP contribution in [-0.2, 0) is 44.9 Å². The average molecular weight is 788 g/mol. The zero-order valence-electron chi connectivity index (χ0n) is 28.3. The summed E-state index contributed by atoms with van der Waals surface area (Å²) in [7, 11) is -8.37. The summed E-state index contributed by atoms with van der Waals surface area (Å²) < 4.78 is 133. The number of aliphatic imine (C=N–C) groups is 1. The molecule has 2 saturated carbocycles. The second-order valence-corrected chi connectivity index (χ2v) is 17.4. The summed E-state index contributed by atoms with van der Waals surface area (Å²) in [5, 5.41) is -2.74. The first kappa shape index (κ1) is 42.2. The van der Waals surface area contributed by atoms with Crippen molar-refractivity contribution in [1.29, 1.82) is 0 Å². The Hall–Kier alpha value is -3.18. The zero-order chi connectivity index (χ0) is 38.9. The molecule has 4 unspecified atom stereocenters. The number of aryl methyl sites for hydroxylation is 2. The molecule has 18 heteroatoms. The SMILES string of the molecule is CCc1cc(S(=O)(=O)C2CCCC2C)c(C(F)(F)F)cc1C(=O)Cl.CCc1cc(S(=O)(=O)C2CCCC2C)c(C(F)(F)F)cc1C(=O)N=C(N)N. The number of nitrogens with zero attached hydrogens (tertiary/aromatic N) is 1. The van der Waals surface area contributed by atoms with E-state index in [1.165, 1.54) is 0 Å². The lowest BCUT2D eigenvalue weighted by Gasteiger charge is -2.21. The highest BCUT2D eigenvalue weighted by molar-refractivity contribution is 7.92. The lowest BCUT2D eigenvalue weighted by atomic mass is 10.0. The van der Waals surface area contributed by atoms with Gasteiger partial charge in [0, 0.05) is 11.1 Å². The van der Waals surface area contributed by atoms with Crippen LogP contribution in [0, 0.1) is 11.8 Å². The van der Waals surface area contributed by atoms with Crippen molar-refractivity contribution < 1.29 is 52.8 Å². The number of carbonyl (C=O) groups excluding carboxylic acids is 2. The molecule has 284 valence electrons. The molecule has 0 heterocycles. The van der Waals surface area contributed by atoms with Crippen molar-refractivity contribution in [2.45, 2.75) is 112 Å². The van der Waals surface area contributed by atoms with Gasteiger partial charge in [-0.2, -0.15) is 31.3 Å². The Bertz CT molecular complexity index is 1910. The molecule has 1 amide bonds. The van der Waals surface area contributed by atoms with Crippen LogP contribution >= 0.6 is 11.6 Å². The van der Waals surface area contributed by atoms with E-state index in [-0.39, 0.29) is 46.9 Å². The molecular formula is C33H40ClF6N3O6S2. The number of sulfone groups is 2. The fourth-order valence-corrected chi connectivity index (χ4v) is 11.6. The highest BCUT2D eigenvalue weighted by Gasteiger charge is 2.45. The number of hydrogen-bond donors (Lipinski definition) is 2. The van der Waals surface area contributed by atoms with Gasteiger partial charge in [0.1, 0.15) is 0 Å². The second-order valence-electron chi connectivity index (χ2n) is 12.8. The van der Waals surface area contributed by atoms with Gasteiger partial charge in [-0.25, -0.2) is 16.8 Å². The molecule has 51 heavy (non-hydrogen) atoms. The van der Waals surface area contributed by atoms with E-state index in [0.29, 0.717) is 50.7 Å². The van der Waals surface area contributed by atoms with Gasteiger partial charge in [0.2, 0.25) is 0 Å². The van der Waals surface area contributed by atoms with Crippen molar-refractivity contribution in [3.8, 4) is 0 Å². The third-order valence-corrected chi connectivity index (χ3v) is 14.5. The summed E-state index contributed by atoms with van der Waals surface area (Å²) in [5.41, 5.74) is 7.26. The van der Waals surface area contributed by atoms with E-state index >= 15 is 0 Å². The zero-order valence-corrected chi connectivity index (χ0v) is 30.7. The molecule has 2 aliphatic carbocycles. The summed E-state index contributed by atoms with van der Waals surface area (Å²) >= 11 is 5.37. The van der Waals surface area contributed by atoms with E-state index in [4.69, 9.17) is 23.1 Å². The van der Waals surface area contributed by atoms with Gasteiger partial charge < -0.3 is 11.5 Å². The van der Waals surface area contributed by atoms with Crippen LogP contribution in [0.1, 0.15) is 109 Å². The van der Waals surface area contributed by atoms with Gasteiger partial charge in [0.25, 0.3) is 11.1 Å². The maximum atomic E-state index is 13.6. The summed E-state index contributed by atoms with van der Waals surface area (Å²) in [5.74, 6) is -2.07. The number of nitrogens with two attached hydrogens (primary N) is 2. The molecule has 2 aromatic carbocycles. The van der Waals surface area contributed by atoms with Crippen molar-refractivity contribution >= 4 is 48.4 Å². The first-order valence-electron chi connectivity index (χ1n) is 16.2. The standard InChI is InChI=1S/C17H22F3N3O3S.C16H18ClF3O3S/c1-3-10-7-14(27(25,26)13-6-4-5-9(13)2)12(17(18,19)20)8-11(10)15(24)23-16(21)22;1-3-10-7-14(24(22,23)13-6-4-5-9(13)2)12(16(18,19)20)8-11(10)15(17)21/h7-9,13H,3-6H2,1-2H3,(H4,21,22,23,24);7-9,13H,3-6H2,1-2H3. The monoisotopic (exact) mass is 787 g/mol. The smallest absolute Gasteiger partial charge is 0.370 e. The Balaban J connectivity index is 0.000000277. The maximum Gasteiger partial charge on any atom is 0.417 e. The van der Waals surface area contributed by atoms with E-state index in [1.54, 1.807) is 27.7 Å². The predicted molar refractivity (Wildman–Crippen MR) is 180 cm³/mol. The summed E-state index contributed by atoms with van der Waals surface area (Å²) in [6, 6.07) is 3.03. The van der Waals surface area contributed by atoms with Crippen LogP contribution in [-0.4, -0.2) is 44.4 Å². The number of hydrogen-bond acceptors (Lipinski definition) is 6. The fourth-order valence-electron chi connectivity index (χ4n) is 6.77. The third-order valence-electron chi connectivity index (χ3n) is 9.43. The van der Waals surface area contributed by atoms with Crippen molar-refractivity contribution in [3.05, 3.63) is 57.6 Å². The van der Waals surface area contributed by atoms with Crippen molar-refractivity contribution in [2.75, 3.05) is 0 Å². The molecule has 2 fully saturated rings. The lowest BCUT2D eigenvalue weighted by Crippen LogP contribution is -2.27. The minimum Gasteiger partial charge on any atom is -0.370 e. The Morgan fingerprint density at radius 3 is 1.39 bits per heavy atom. The minimum atomic E-state index is -4.95. The van der Waals surface area contributed by atoms with Gasteiger partial charge >= 0.3 is 12.4 Å². The van der Waals surface area contributed by atoms with Crippen LogP contribution < -0.4 is 11.5 Å². The summed E-state index contributed by atoms with van der Waals surface area (Å²) in [6.07, 6.45) is -6.20. The van der Waals surface area contributed by atoms with Gasteiger partial charge in [-0.05, 0) is 97.4 Å². The predicted octanol–water partition coefficient (Wildman–Crippen LogP) is 7.25. The average Bonchev–Trinajstić information content (AvgIpc) is 3.67. The van der Waals surface area contributed by atoms with Gasteiger partial charge in [0.05, 0.1) is 31.4 Å². The highest BCUT2D eigenvalue weighted by Crippen LogP contribution is 2.43. The normalized spacial score (nSPS) is 21.2. The highest BCUT2D eigenvalue weighted by atomic mass is 35.5. The minimum absolute atomic E-state index is 0.141. The van der Waals surface area contributed by atoms with Gasteiger partial charge in [-0.3, -0.25) is 9.59 Å². The number of rotatable bonds is 8. The molecular weight excluding hydrogens is 748 g/mol. The number of guanidine groups is 1. The Morgan fingerprint density at radius 1 is 0.725 bits per heavy atom.